The number of H-pyrrole nitrogens is 1. The van der Waals surface area contributed by atoms with Crippen LogP contribution in [0, 0.1) is 17.8 Å². The number of aromatic nitrogens is 1. The van der Waals surface area contributed by atoms with Gasteiger partial charge in [0.25, 0.3) is 0 Å². The van der Waals surface area contributed by atoms with Gasteiger partial charge in [-0.2, -0.15) is 0 Å². The predicted molar refractivity (Wildman–Crippen MR) is 183 cm³/mol. The van der Waals surface area contributed by atoms with E-state index in [0.29, 0.717) is 23.7 Å². The molecule has 1 saturated carbocycles. The fourth-order valence-corrected chi connectivity index (χ4v) is 7.88. The van der Waals surface area contributed by atoms with E-state index < -0.39 is 24.1 Å². The number of rotatable bonds is 9. The third kappa shape index (κ3) is 7.10. The molecule has 1 saturated heterocycles. The summed E-state index contributed by atoms with van der Waals surface area (Å²) in [5.74, 6) is 0.112. The summed E-state index contributed by atoms with van der Waals surface area (Å²) >= 11 is 0. The fraction of sp³-hybridized carbons (Fsp3) is 0.486. The number of piperidine rings is 1. The van der Waals surface area contributed by atoms with Crippen molar-refractivity contribution >= 4 is 28.8 Å². The Balaban J connectivity index is 0.000000745. The molecular weight excluding hydrogens is 648 g/mol. The van der Waals surface area contributed by atoms with Crippen molar-refractivity contribution in [3.63, 3.8) is 0 Å². The summed E-state index contributed by atoms with van der Waals surface area (Å²) in [6, 6.07) is 9.40. The smallest absolute Gasteiger partial charge is 0.338 e. The second kappa shape index (κ2) is 15.9. The summed E-state index contributed by atoms with van der Waals surface area (Å²) in [6.07, 6.45) is 2.02. The SMILES string of the molecule is C=COC(C)=O.COC(=O)[C@H]1[C@H]2C[C@@H]3c4[nH]c5cc(OC)ccc5c4CCN3C[C@H]2C[C@@H](OC(=O)c2cc(OC)c(OC)c(OC)c2)[C@@H]1OC. The van der Waals surface area contributed by atoms with Crippen molar-refractivity contribution < 1.29 is 52.3 Å². The number of aromatic amines is 1. The highest BCUT2D eigenvalue weighted by molar-refractivity contribution is 5.91. The molecule has 0 bridgehead atoms. The first kappa shape index (κ1) is 36.5. The molecule has 2 aromatic carbocycles. The van der Waals surface area contributed by atoms with Crippen molar-refractivity contribution in [1.82, 2.24) is 9.88 Å². The van der Waals surface area contributed by atoms with E-state index in [-0.39, 0.29) is 35.4 Å². The predicted octanol–water partition coefficient (Wildman–Crippen LogP) is 4.86. The first-order chi connectivity index (χ1) is 24.1. The number of fused-ring (bicyclic) bond motifs is 6. The Morgan fingerprint density at radius 3 is 2.22 bits per heavy atom. The summed E-state index contributed by atoms with van der Waals surface area (Å²) < 4.78 is 43.3. The Morgan fingerprint density at radius 1 is 0.940 bits per heavy atom. The summed E-state index contributed by atoms with van der Waals surface area (Å²) in [5.41, 5.74) is 3.83. The lowest BCUT2D eigenvalue weighted by molar-refractivity contribution is -0.176. The highest BCUT2D eigenvalue weighted by Gasteiger charge is 2.54. The van der Waals surface area contributed by atoms with Crippen LogP contribution in [0.15, 0.2) is 43.2 Å². The van der Waals surface area contributed by atoms with Crippen LogP contribution in [0.4, 0.5) is 0 Å². The molecule has 13 heteroatoms. The van der Waals surface area contributed by atoms with E-state index in [0.717, 1.165) is 43.5 Å². The zero-order valence-electron chi connectivity index (χ0n) is 29.6. The fourth-order valence-electron chi connectivity index (χ4n) is 7.88. The zero-order valence-corrected chi connectivity index (χ0v) is 29.6. The van der Waals surface area contributed by atoms with Crippen molar-refractivity contribution in [2.24, 2.45) is 17.8 Å². The number of carbonyl (C=O) groups is 3. The number of esters is 3. The van der Waals surface area contributed by atoms with Crippen LogP contribution in [-0.4, -0.2) is 95.7 Å². The van der Waals surface area contributed by atoms with E-state index in [1.165, 1.54) is 52.0 Å². The van der Waals surface area contributed by atoms with Gasteiger partial charge in [-0.3, -0.25) is 14.5 Å². The van der Waals surface area contributed by atoms with Crippen LogP contribution < -0.4 is 18.9 Å². The molecule has 0 spiro atoms. The molecule has 50 heavy (non-hydrogen) atoms. The quantitative estimate of drug-likeness (QED) is 0.186. The first-order valence-corrected chi connectivity index (χ1v) is 16.4. The molecule has 3 heterocycles. The van der Waals surface area contributed by atoms with Crippen molar-refractivity contribution in [1.29, 1.82) is 0 Å². The molecule has 1 aromatic heterocycles. The minimum Gasteiger partial charge on any atom is -0.497 e. The molecular formula is C37H46N2O11. The standard InChI is InChI=1S/C33H40N2O9.C4H6O2/c1-38-19-7-8-20-21-9-10-35-16-18-13-27(44-32(36)17-11-25(39-2)30(41-4)26(12-17)40-3)31(42-5)28(33(37)43-6)22(18)15-24(35)29(21)34-23(20)14-19;1-3-6-4(2)5/h7-8,11-12,14,18,22,24,27-28,31,34H,9-10,13,15-16H2,1-6H3;3H,1H2,2H3/t18-,22+,24-,27-,28+,31+;/m1./s1. The lowest BCUT2D eigenvalue weighted by Gasteiger charge is -2.52. The number of carbonyl (C=O) groups excluding carboxylic acids is 3. The number of hydrogen-bond donors (Lipinski definition) is 1. The van der Waals surface area contributed by atoms with Crippen LogP contribution >= 0.6 is 0 Å². The van der Waals surface area contributed by atoms with E-state index in [1.54, 1.807) is 26.4 Å². The van der Waals surface area contributed by atoms with Gasteiger partial charge >= 0.3 is 17.9 Å². The lowest BCUT2D eigenvalue weighted by Crippen LogP contribution is -2.58. The maximum absolute atomic E-state index is 13.5. The minimum atomic E-state index is -0.670. The molecule has 0 radical (unpaired) electrons. The third-order valence-corrected chi connectivity index (χ3v) is 10.0. The number of ether oxygens (including phenoxy) is 8. The summed E-state index contributed by atoms with van der Waals surface area (Å²) in [7, 11) is 9.10. The van der Waals surface area contributed by atoms with Gasteiger partial charge < -0.3 is 42.9 Å². The average Bonchev–Trinajstić information content (AvgIpc) is 3.50. The van der Waals surface area contributed by atoms with E-state index in [2.05, 4.69) is 27.3 Å². The third-order valence-electron chi connectivity index (χ3n) is 10.0. The molecule has 2 fully saturated rings. The van der Waals surface area contributed by atoms with E-state index in [9.17, 15) is 14.4 Å². The van der Waals surface area contributed by atoms with Gasteiger partial charge in [-0.15, -0.1) is 0 Å². The summed E-state index contributed by atoms with van der Waals surface area (Å²) in [4.78, 5) is 42.9. The number of benzene rings is 2. The van der Waals surface area contributed by atoms with E-state index >= 15 is 0 Å². The van der Waals surface area contributed by atoms with Crippen LogP contribution in [0.2, 0.25) is 0 Å². The Labute approximate surface area is 291 Å². The van der Waals surface area contributed by atoms with Gasteiger partial charge in [0.1, 0.15) is 18.0 Å². The van der Waals surface area contributed by atoms with Crippen molar-refractivity contribution in [3.05, 3.63) is 60.0 Å². The Bertz CT molecular complexity index is 1690. The van der Waals surface area contributed by atoms with Crippen LogP contribution in [0.5, 0.6) is 23.0 Å². The molecule has 2 aliphatic heterocycles. The van der Waals surface area contributed by atoms with E-state index in [1.807, 2.05) is 12.1 Å². The van der Waals surface area contributed by atoms with Crippen LogP contribution in [0.1, 0.15) is 47.4 Å². The van der Waals surface area contributed by atoms with Crippen molar-refractivity contribution in [3.8, 4) is 23.0 Å². The monoisotopic (exact) mass is 694 g/mol. The second-order valence-electron chi connectivity index (χ2n) is 12.5. The molecule has 6 atom stereocenters. The molecule has 1 N–H and O–H groups in total. The molecule has 6 rings (SSSR count). The number of nitrogens with zero attached hydrogens (tertiary/aromatic N) is 1. The maximum Gasteiger partial charge on any atom is 0.338 e. The maximum atomic E-state index is 13.5. The van der Waals surface area contributed by atoms with Crippen molar-refractivity contribution in [2.45, 2.75) is 44.4 Å². The van der Waals surface area contributed by atoms with Gasteiger partial charge in [0.2, 0.25) is 5.75 Å². The Kier molecular flexibility index (Phi) is 11.6. The van der Waals surface area contributed by atoms with Gasteiger partial charge in [0, 0.05) is 49.8 Å². The molecule has 1 aliphatic carbocycles. The highest BCUT2D eigenvalue weighted by Crippen LogP contribution is 2.51. The first-order valence-electron chi connectivity index (χ1n) is 16.4. The van der Waals surface area contributed by atoms with Gasteiger partial charge in [-0.25, -0.2) is 4.79 Å². The number of methoxy groups -OCH3 is 6. The zero-order chi connectivity index (χ0) is 36.1. The largest absolute Gasteiger partial charge is 0.497 e. The Morgan fingerprint density at radius 2 is 1.66 bits per heavy atom. The lowest BCUT2D eigenvalue weighted by atomic mass is 9.63. The van der Waals surface area contributed by atoms with Crippen LogP contribution in [-0.2, 0) is 35.0 Å². The second-order valence-corrected chi connectivity index (χ2v) is 12.5. The minimum absolute atomic E-state index is 0.0170. The summed E-state index contributed by atoms with van der Waals surface area (Å²) in [6.45, 7) is 6.16. The molecule has 3 aromatic rings. The molecule has 270 valence electrons. The van der Waals surface area contributed by atoms with Crippen molar-refractivity contribution in [2.75, 3.05) is 55.7 Å². The normalized spacial score (nSPS) is 23.8. The van der Waals surface area contributed by atoms with Crippen LogP contribution in [0.3, 0.4) is 0 Å². The average molecular weight is 695 g/mol. The molecule has 13 nitrogen and oxygen atoms in total. The van der Waals surface area contributed by atoms with Gasteiger partial charge in [0.05, 0.1) is 59.3 Å². The molecule has 0 amide bonds. The number of hydrogen-bond acceptors (Lipinski definition) is 12. The number of nitrogens with one attached hydrogen (secondary N) is 1. The van der Waals surface area contributed by atoms with E-state index in [4.69, 9.17) is 33.2 Å². The molecule has 0 unspecified atom stereocenters. The van der Waals surface area contributed by atoms with Gasteiger partial charge in [-0.1, -0.05) is 6.58 Å². The Hall–Kier alpha value is -4.75. The van der Waals surface area contributed by atoms with Crippen LogP contribution in [0.25, 0.3) is 10.9 Å². The topological polar surface area (TPSA) is 144 Å². The summed E-state index contributed by atoms with van der Waals surface area (Å²) in [5, 5.41) is 1.21. The van der Waals surface area contributed by atoms with Gasteiger partial charge in [0.15, 0.2) is 11.5 Å². The highest BCUT2D eigenvalue weighted by atomic mass is 16.6. The van der Waals surface area contributed by atoms with Gasteiger partial charge in [-0.05, 0) is 60.9 Å². The molecule has 3 aliphatic rings.